The summed E-state index contributed by atoms with van der Waals surface area (Å²) < 4.78 is 0. The Bertz CT molecular complexity index is 955. The van der Waals surface area contributed by atoms with Gasteiger partial charge in [0, 0.05) is 33.2 Å². The molecule has 0 saturated heterocycles. The van der Waals surface area contributed by atoms with Crippen molar-refractivity contribution in [1.82, 2.24) is 0 Å². The monoisotopic (exact) mass is 365 g/mol. The Morgan fingerprint density at radius 3 is 1.96 bits per heavy atom. The normalized spacial score (nSPS) is 10.2. The van der Waals surface area contributed by atoms with Crippen LogP contribution in [0.1, 0.15) is 20.7 Å². The number of nitrogens with one attached hydrogen (secondary N) is 2. The van der Waals surface area contributed by atoms with Gasteiger partial charge in [0.15, 0.2) is 0 Å². The van der Waals surface area contributed by atoms with E-state index in [9.17, 15) is 9.59 Å². The van der Waals surface area contributed by atoms with Crippen molar-refractivity contribution in [2.75, 3.05) is 16.4 Å². The van der Waals surface area contributed by atoms with Crippen LogP contribution in [0.3, 0.4) is 0 Å². The van der Waals surface area contributed by atoms with E-state index in [0.717, 1.165) is 0 Å². The summed E-state index contributed by atoms with van der Waals surface area (Å²) in [6.07, 6.45) is 0. The van der Waals surface area contributed by atoms with E-state index in [0.29, 0.717) is 33.2 Å². The number of hydrogen-bond donors (Lipinski definition) is 3. The first-order valence-electron chi connectivity index (χ1n) is 7.85. The van der Waals surface area contributed by atoms with Crippen molar-refractivity contribution >= 4 is 40.5 Å². The summed E-state index contributed by atoms with van der Waals surface area (Å²) in [6, 6.07) is 20.2. The highest BCUT2D eigenvalue weighted by molar-refractivity contribution is 6.30. The van der Waals surface area contributed by atoms with Crippen molar-refractivity contribution in [1.29, 1.82) is 0 Å². The first kappa shape index (κ1) is 17.5. The molecule has 0 aliphatic rings. The summed E-state index contributed by atoms with van der Waals surface area (Å²) in [5.74, 6) is -0.583. The van der Waals surface area contributed by atoms with Gasteiger partial charge < -0.3 is 16.4 Å². The number of rotatable bonds is 4. The van der Waals surface area contributed by atoms with E-state index in [-0.39, 0.29) is 11.8 Å². The van der Waals surface area contributed by atoms with E-state index in [4.69, 9.17) is 17.3 Å². The first-order chi connectivity index (χ1) is 12.5. The number of halogens is 1. The zero-order chi connectivity index (χ0) is 18.5. The second-order valence-corrected chi connectivity index (χ2v) is 6.06. The molecule has 26 heavy (non-hydrogen) atoms. The summed E-state index contributed by atoms with van der Waals surface area (Å²) >= 11 is 5.83. The molecule has 0 atom stereocenters. The van der Waals surface area contributed by atoms with Gasteiger partial charge in [0.1, 0.15) is 0 Å². The van der Waals surface area contributed by atoms with Gasteiger partial charge in [-0.3, -0.25) is 9.59 Å². The third-order valence-corrected chi connectivity index (χ3v) is 3.89. The van der Waals surface area contributed by atoms with Gasteiger partial charge in [-0.2, -0.15) is 0 Å². The average Bonchev–Trinajstić information content (AvgIpc) is 2.64. The minimum absolute atomic E-state index is 0.285. The molecule has 0 heterocycles. The molecule has 0 aliphatic heterocycles. The minimum Gasteiger partial charge on any atom is -0.399 e. The third kappa shape index (κ3) is 4.40. The van der Waals surface area contributed by atoms with E-state index in [1.165, 1.54) is 0 Å². The summed E-state index contributed by atoms with van der Waals surface area (Å²) in [7, 11) is 0. The molecular formula is C20H16ClN3O2. The van der Waals surface area contributed by atoms with E-state index >= 15 is 0 Å². The van der Waals surface area contributed by atoms with Crippen molar-refractivity contribution in [3.05, 3.63) is 88.9 Å². The van der Waals surface area contributed by atoms with Crippen molar-refractivity contribution in [2.24, 2.45) is 0 Å². The van der Waals surface area contributed by atoms with E-state index in [2.05, 4.69) is 10.6 Å². The number of nitrogens with two attached hydrogens (primary N) is 1. The van der Waals surface area contributed by atoms with Gasteiger partial charge in [-0.1, -0.05) is 23.7 Å². The zero-order valence-electron chi connectivity index (χ0n) is 13.7. The molecule has 130 valence electrons. The van der Waals surface area contributed by atoms with Gasteiger partial charge >= 0.3 is 0 Å². The molecule has 3 aromatic carbocycles. The maximum atomic E-state index is 12.4. The Labute approximate surface area is 155 Å². The molecule has 5 nitrogen and oxygen atoms in total. The Balaban J connectivity index is 1.72. The lowest BCUT2D eigenvalue weighted by Crippen LogP contribution is -2.14. The van der Waals surface area contributed by atoms with Gasteiger partial charge in [0.25, 0.3) is 11.8 Å². The standard InChI is InChI=1S/C20H16ClN3O2/c21-15-7-9-17(10-8-15)23-20(26)14-4-2-6-18(12-14)24-19(25)13-3-1-5-16(22)11-13/h1-12H,22H2,(H,23,26)(H,24,25). The molecular weight excluding hydrogens is 350 g/mol. The van der Waals surface area contributed by atoms with Crippen LogP contribution in [0, 0.1) is 0 Å². The van der Waals surface area contributed by atoms with Crippen molar-refractivity contribution < 1.29 is 9.59 Å². The SMILES string of the molecule is Nc1cccc(C(=O)Nc2cccc(C(=O)Nc3ccc(Cl)cc3)c2)c1. The third-order valence-electron chi connectivity index (χ3n) is 3.63. The zero-order valence-corrected chi connectivity index (χ0v) is 14.5. The number of hydrogen-bond acceptors (Lipinski definition) is 3. The number of nitrogen functional groups attached to an aromatic ring is 1. The lowest BCUT2D eigenvalue weighted by atomic mass is 10.1. The van der Waals surface area contributed by atoms with E-state index in [1.807, 2.05) is 0 Å². The predicted octanol–water partition coefficient (Wildman–Crippen LogP) is 4.43. The fourth-order valence-corrected chi connectivity index (χ4v) is 2.48. The molecule has 0 aliphatic carbocycles. The van der Waals surface area contributed by atoms with Crippen LogP contribution in [0.15, 0.2) is 72.8 Å². The van der Waals surface area contributed by atoms with Crippen LogP contribution in [-0.2, 0) is 0 Å². The second kappa shape index (κ2) is 7.72. The number of carbonyl (C=O) groups is 2. The predicted molar refractivity (Wildman–Crippen MR) is 105 cm³/mol. The minimum atomic E-state index is -0.299. The smallest absolute Gasteiger partial charge is 0.255 e. The maximum absolute atomic E-state index is 12.4. The molecule has 0 fully saturated rings. The molecule has 0 bridgehead atoms. The molecule has 3 rings (SSSR count). The molecule has 0 unspecified atom stereocenters. The fraction of sp³-hybridized carbons (Fsp3) is 0. The van der Waals surface area contributed by atoms with Crippen LogP contribution in [-0.4, -0.2) is 11.8 Å². The summed E-state index contributed by atoms with van der Waals surface area (Å²) in [6.45, 7) is 0. The van der Waals surface area contributed by atoms with Crippen LogP contribution in [0.2, 0.25) is 5.02 Å². The van der Waals surface area contributed by atoms with E-state index in [1.54, 1.807) is 72.8 Å². The molecule has 6 heteroatoms. The summed E-state index contributed by atoms with van der Waals surface area (Å²) in [5.41, 5.74) is 8.22. The average molecular weight is 366 g/mol. The van der Waals surface area contributed by atoms with Gasteiger partial charge in [-0.15, -0.1) is 0 Å². The van der Waals surface area contributed by atoms with Crippen LogP contribution in [0.25, 0.3) is 0 Å². The van der Waals surface area contributed by atoms with Crippen molar-refractivity contribution in [3.63, 3.8) is 0 Å². The van der Waals surface area contributed by atoms with Crippen molar-refractivity contribution in [3.8, 4) is 0 Å². The number of carbonyl (C=O) groups excluding carboxylic acids is 2. The highest BCUT2D eigenvalue weighted by Gasteiger charge is 2.10. The topological polar surface area (TPSA) is 84.2 Å². The summed E-state index contributed by atoms with van der Waals surface area (Å²) in [5, 5.41) is 6.13. The molecule has 4 N–H and O–H groups in total. The van der Waals surface area contributed by atoms with Gasteiger partial charge in [-0.05, 0) is 60.7 Å². The van der Waals surface area contributed by atoms with Crippen LogP contribution in [0.5, 0.6) is 0 Å². The Morgan fingerprint density at radius 2 is 1.31 bits per heavy atom. The number of amides is 2. The highest BCUT2D eigenvalue weighted by Crippen LogP contribution is 2.17. The van der Waals surface area contributed by atoms with Gasteiger partial charge in [-0.25, -0.2) is 0 Å². The van der Waals surface area contributed by atoms with Crippen molar-refractivity contribution in [2.45, 2.75) is 0 Å². The summed E-state index contributed by atoms with van der Waals surface area (Å²) in [4.78, 5) is 24.7. The molecule has 0 saturated carbocycles. The molecule has 3 aromatic rings. The Hall–Kier alpha value is -3.31. The number of benzene rings is 3. The number of anilines is 3. The molecule has 0 spiro atoms. The highest BCUT2D eigenvalue weighted by atomic mass is 35.5. The first-order valence-corrected chi connectivity index (χ1v) is 8.23. The Kier molecular flexibility index (Phi) is 5.20. The largest absolute Gasteiger partial charge is 0.399 e. The van der Waals surface area contributed by atoms with Crippen LogP contribution < -0.4 is 16.4 Å². The molecule has 0 radical (unpaired) electrons. The fourth-order valence-electron chi connectivity index (χ4n) is 2.36. The quantitative estimate of drug-likeness (QED) is 0.598. The maximum Gasteiger partial charge on any atom is 0.255 e. The van der Waals surface area contributed by atoms with Crippen LogP contribution in [0.4, 0.5) is 17.1 Å². The lowest BCUT2D eigenvalue weighted by molar-refractivity contribution is 0.101. The van der Waals surface area contributed by atoms with Gasteiger partial charge in [0.05, 0.1) is 0 Å². The Morgan fingerprint density at radius 1 is 0.731 bits per heavy atom. The van der Waals surface area contributed by atoms with E-state index < -0.39 is 0 Å². The molecule has 2 amide bonds. The lowest BCUT2D eigenvalue weighted by Gasteiger charge is -2.09. The van der Waals surface area contributed by atoms with Gasteiger partial charge in [0.2, 0.25) is 0 Å². The van der Waals surface area contributed by atoms with Crippen LogP contribution >= 0.6 is 11.6 Å². The molecule has 0 aromatic heterocycles. The second-order valence-electron chi connectivity index (χ2n) is 5.62.